The van der Waals surface area contributed by atoms with Gasteiger partial charge in [0.05, 0.1) is 38.2 Å². The zero-order valence-electron chi connectivity index (χ0n) is 16.5. The van der Waals surface area contributed by atoms with Crippen LogP contribution in [-0.2, 0) is 29.2 Å². The van der Waals surface area contributed by atoms with Gasteiger partial charge in [0.15, 0.2) is 11.6 Å². The lowest BCUT2D eigenvalue weighted by Gasteiger charge is -2.43. The molecule has 0 saturated carbocycles. The fourth-order valence-electron chi connectivity index (χ4n) is 3.81. The van der Waals surface area contributed by atoms with Crippen molar-refractivity contribution in [2.45, 2.75) is 38.2 Å². The molecule has 0 radical (unpaired) electrons. The minimum absolute atomic E-state index is 0.137. The SMILES string of the molecule is COCc1nnn2c1COC1(CCN(C(=O)Nc3ccc(OC)c(F)c3)CC1)C2. The second-order valence-electron chi connectivity index (χ2n) is 7.31. The Bertz CT molecular complexity index is 895. The number of carbonyl (C=O) groups is 1. The predicted molar refractivity (Wildman–Crippen MR) is 101 cm³/mol. The average Bonchev–Trinajstić information content (AvgIpc) is 3.10. The molecule has 2 aromatic rings. The number of likely N-dealkylation sites (tertiary alicyclic amines) is 1. The maximum absolute atomic E-state index is 13.8. The second-order valence-corrected chi connectivity index (χ2v) is 7.31. The number of hydrogen-bond acceptors (Lipinski definition) is 6. The Kier molecular flexibility index (Phi) is 5.37. The first kappa shape index (κ1) is 19.6. The lowest BCUT2D eigenvalue weighted by atomic mass is 9.90. The van der Waals surface area contributed by atoms with Crippen LogP contribution in [0.5, 0.6) is 5.75 Å². The molecule has 10 heteroatoms. The minimum Gasteiger partial charge on any atom is -0.494 e. The first-order valence-corrected chi connectivity index (χ1v) is 9.47. The Hall–Kier alpha value is -2.72. The van der Waals surface area contributed by atoms with E-state index in [9.17, 15) is 9.18 Å². The van der Waals surface area contributed by atoms with E-state index in [4.69, 9.17) is 14.2 Å². The first-order chi connectivity index (χ1) is 14.0. The Morgan fingerprint density at radius 3 is 2.83 bits per heavy atom. The highest BCUT2D eigenvalue weighted by Crippen LogP contribution is 2.33. The highest BCUT2D eigenvalue weighted by Gasteiger charge is 2.41. The molecule has 1 aromatic heterocycles. The largest absolute Gasteiger partial charge is 0.494 e. The molecule has 1 fully saturated rings. The minimum atomic E-state index is -0.519. The van der Waals surface area contributed by atoms with Crippen molar-refractivity contribution in [3.05, 3.63) is 35.4 Å². The molecular weight excluding hydrogens is 381 g/mol. The molecule has 0 bridgehead atoms. The zero-order valence-corrected chi connectivity index (χ0v) is 16.5. The first-order valence-electron chi connectivity index (χ1n) is 9.47. The molecule has 156 valence electrons. The van der Waals surface area contributed by atoms with Gasteiger partial charge in [-0.3, -0.25) is 0 Å². The van der Waals surface area contributed by atoms with Gasteiger partial charge in [0, 0.05) is 32.0 Å². The van der Waals surface area contributed by atoms with Crippen LogP contribution in [0.25, 0.3) is 0 Å². The van der Waals surface area contributed by atoms with Crippen molar-refractivity contribution in [1.29, 1.82) is 0 Å². The third-order valence-electron chi connectivity index (χ3n) is 5.52. The number of aromatic nitrogens is 3. The summed E-state index contributed by atoms with van der Waals surface area (Å²) < 4.78 is 31.9. The van der Waals surface area contributed by atoms with Crippen molar-refractivity contribution < 1.29 is 23.4 Å². The normalized spacial score (nSPS) is 17.8. The summed E-state index contributed by atoms with van der Waals surface area (Å²) in [5.41, 5.74) is 1.78. The van der Waals surface area contributed by atoms with E-state index in [0.29, 0.717) is 51.4 Å². The van der Waals surface area contributed by atoms with Gasteiger partial charge in [0.1, 0.15) is 5.69 Å². The van der Waals surface area contributed by atoms with Crippen molar-refractivity contribution in [3.63, 3.8) is 0 Å². The molecule has 3 heterocycles. The Labute approximate surface area is 167 Å². The topological polar surface area (TPSA) is 90.7 Å². The zero-order chi connectivity index (χ0) is 20.4. The number of rotatable bonds is 4. The van der Waals surface area contributed by atoms with Crippen LogP contribution >= 0.6 is 0 Å². The standard InChI is InChI=1S/C19H24FN5O4/c1-27-10-15-16-11-29-19(12-25(16)23-22-15)5-7-24(8-6-19)18(26)21-13-3-4-17(28-2)14(20)9-13/h3-4,9H,5-8,10-12H2,1-2H3,(H,21,26). The third kappa shape index (κ3) is 3.90. The molecule has 1 N–H and O–H groups in total. The molecule has 2 aliphatic rings. The van der Waals surface area contributed by atoms with E-state index in [1.165, 1.54) is 19.2 Å². The monoisotopic (exact) mass is 405 g/mol. The quantitative estimate of drug-likeness (QED) is 0.838. The average molecular weight is 405 g/mol. The fourth-order valence-corrected chi connectivity index (χ4v) is 3.81. The summed E-state index contributed by atoms with van der Waals surface area (Å²) in [6, 6.07) is 4.08. The molecule has 1 saturated heterocycles. The third-order valence-corrected chi connectivity index (χ3v) is 5.52. The molecule has 2 amide bonds. The van der Waals surface area contributed by atoms with Crippen molar-refractivity contribution in [3.8, 4) is 5.75 Å². The summed E-state index contributed by atoms with van der Waals surface area (Å²) in [6.45, 7) is 2.53. The number of methoxy groups -OCH3 is 2. The molecule has 2 aliphatic heterocycles. The summed E-state index contributed by atoms with van der Waals surface area (Å²) in [6.07, 6.45) is 1.38. The summed E-state index contributed by atoms with van der Waals surface area (Å²) in [5, 5.41) is 11.1. The number of hydrogen-bond donors (Lipinski definition) is 1. The summed E-state index contributed by atoms with van der Waals surface area (Å²) in [4.78, 5) is 14.3. The summed E-state index contributed by atoms with van der Waals surface area (Å²) >= 11 is 0. The molecule has 0 aliphatic carbocycles. The molecule has 0 atom stereocenters. The van der Waals surface area contributed by atoms with Gasteiger partial charge in [-0.05, 0) is 25.0 Å². The Balaban J connectivity index is 1.35. The number of benzene rings is 1. The van der Waals surface area contributed by atoms with Crippen LogP contribution in [0, 0.1) is 5.82 Å². The van der Waals surface area contributed by atoms with Gasteiger partial charge in [-0.1, -0.05) is 5.21 Å². The van der Waals surface area contributed by atoms with Crippen molar-refractivity contribution in [2.75, 3.05) is 32.6 Å². The predicted octanol–water partition coefficient (Wildman–Crippen LogP) is 2.17. The Morgan fingerprint density at radius 2 is 2.14 bits per heavy atom. The number of urea groups is 1. The lowest BCUT2D eigenvalue weighted by molar-refractivity contribution is -0.119. The molecule has 29 heavy (non-hydrogen) atoms. The van der Waals surface area contributed by atoms with E-state index in [1.54, 1.807) is 18.1 Å². The van der Waals surface area contributed by atoms with Gasteiger partial charge >= 0.3 is 6.03 Å². The van der Waals surface area contributed by atoms with Crippen LogP contribution in [0.4, 0.5) is 14.9 Å². The smallest absolute Gasteiger partial charge is 0.321 e. The summed E-state index contributed by atoms with van der Waals surface area (Å²) in [5.74, 6) is -0.381. The molecule has 4 rings (SSSR count). The van der Waals surface area contributed by atoms with Crippen molar-refractivity contribution >= 4 is 11.7 Å². The molecular formula is C19H24FN5O4. The lowest BCUT2D eigenvalue weighted by Crippen LogP contribution is -2.52. The van der Waals surface area contributed by atoms with E-state index < -0.39 is 5.82 Å². The van der Waals surface area contributed by atoms with E-state index >= 15 is 0 Å². The van der Waals surface area contributed by atoms with E-state index in [2.05, 4.69) is 15.6 Å². The number of nitrogens with one attached hydrogen (secondary N) is 1. The van der Waals surface area contributed by atoms with E-state index in [0.717, 1.165) is 11.4 Å². The maximum atomic E-state index is 13.8. The second kappa shape index (κ2) is 7.96. The van der Waals surface area contributed by atoms with Crippen LogP contribution < -0.4 is 10.1 Å². The molecule has 1 aromatic carbocycles. The van der Waals surface area contributed by atoms with Gasteiger partial charge in [-0.25, -0.2) is 13.9 Å². The van der Waals surface area contributed by atoms with Gasteiger partial charge in [0.2, 0.25) is 0 Å². The number of anilines is 1. The van der Waals surface area contributed by atoms with E-state index in [1.807, 2.05) is 4.68 Å². The molecule has 9 nitrogen and oxygen atoms in total. The van der Waals surface area contributed by atoms with E-state index in [-0.39, 0.29) is 17.4 Å². The van der Waals surface area contributed by atoms with Crippen LogP contribution in [0.15, 0.2) is 18.2 Å². The van der Waals surface area contributed by atoms with Crippen LogP contribution in [0.3, 0.4) is 0 Å². The molecule has 1 spiro atoms. The van der Waals surface area contributed by atoms with Crippen LogP contribution in [0.1, 0.15) is 24.2 Å². The van der Waals surface area contributed by atoms with Gasteiger partial charge in [-0.15, -0.1) is 5.10 Å². The number of ether oxygens (including phenoxy) is 3. The maximum Gasteiger partial charge on any atom is 0.321 e. The van der Waals surface area contributed by atoms with Crippen LogP contribution in [-0.4, -0.2) is 58.8 Å². The number of carbonyl (C=O) groups excluding carboxylic acids is 1. The van der Waals surface area contributed by atoms with Gasteiger partial charge in [0.25, 0.3) is 0 Å². The molecule has 0 unspecified atom stereocenters. The summed E-state index contributed by atoms with van der Waals surface area (Å²) in [7, 11) is 3.02. The van der Waals surface area contributed by atoms with Crippen molar-refractivity contribution in [2.24, 2.45) is 0 Å². The Morgan fingerprint density at radius 1 is 1.34 bits per heavy atom. The number of fused-ring (bicyclic) bond motifs is 1. The van der Waals surface area contributed by atoms with Gasteiger partial charge < -0.3 is 24.4 Å². The number of amides is 2. The fraction of sp³-hybridized carbons (Fsp3) is 0.526. The highest BCUT2D eigenvalue weighted by atomic mass is 19.1. The van der Waals surface area contributed by atoms with Crippen LogP contribution in [0.2, 0.25) is 0 Å². The number of piperidine rings is 1. The van der Waals surface area contributed by atoms with Crippen molar-refractivity contribution in [1.82, 2.24) is 19.9 Å². The number of halogens is 1. The number of nitrogens with zero attached hydrogens (tertiary/aromatic N) is 4. The van der Waals surface area contributed by atoms with Gasteiger partial charge in [-0.2, -0.15) is 0 Å². The highest BCUT2D eigenvalue weighted by molar-refractivity contribution is 5.89.